The summed E-state index contributed by atoms with van der Waals surface area (Å²) in [6.45, 7) is 2.33. The molecular weight excluding hydrogens is 177 g/mol. The normalized spacial score (nSPS) is 35.1. The Hall–Kier alpha value is -0.890. The fourth-order valence-corrected chi connectivity index (χ4v) is 2.88. The van der Waals surface area contributed by atoms with Crippen LogP contribution in [0.4, 0.5) is 4.39 Å². The average molecular weight is 191 g/mol. The molecule has 1 N–H and O–H groups in total. The molecule has 3 atom stereocenters. The minimum absolute atomic E-state index is 0.130. The summed E-state index contributed by atoms with van der Waals surface area (Å²) >= 11 is 0. The van der Waals surface area contributed by atoms with Crippen molar-refractivity contribution in [3.05, 3.63) is 35.6 Å². The van der Waals surface area contributed by atoms with E-state index >= 15 is 0 Å². The Balaban J connectivity index is 1.80. The molecule has 74 valence electrons. The maximum absolute atomic E-state index is 12.7. The molecule has 1 nitrogen and oxygen atoms in total. The van der Waals surface area contributed by atoms with Crippen molar-refractivity contribution in [2.75, 3.05) is 13.1 Å². The average Bonchev–Trinajstić information content (AvgIpc) is 2.52. The molecule has 2 fully saturated rings. The Labute approximate surface area is 83.3 Å². The van der Waals surface area contributed by atoms with E-state index in [4.69, 9.17) is 0 Å². The molecule has 1 aromatic carbocycles. The second kappa shape index (κ2) is 3.06. The Kier molecular flexibility index (Phi) is 1.84. The lowest BCUT2D eigenvalue weighted by Gasteiger charge is -2.40. The first kappa shape index (κ1) is 8.42. The van der Waals surface area contributed by atoms with Gasteiger partial charge in [-0.05, 0) is 55.0 Å². The van der Waals surface area contributed by atoms with Gasteiger partial charge in [-0.15, -0.1) is 0 Å². The van der Waals surface area contributed by atoms with E-state index in [0.29, 0.717) is 5.92 Å². The van der Waals surface area contributed by atoms with Gasteiger partial charge >= 0.3 is 0 Å². The van der Waals surface area contributed by atoms with E-state index in [1.165, 1.54) is 18.5 Å². The Bertz CT molecular complexity index is 333. The van der Waals surface area contributed by atoms with Gasteiger partial charge < -0.3 is 5.32 Å². The third-order valence-corrected chi connectivity index (χ3v) is 3.76. The summed E-state index contributed by atoms with van der Waals surface area (Å²) in [6, 6.07) is 7.03. The highest BCUT2D eigenvalue weighted by Gasteiger charge is 2.44. The lowest BCUT2D eigenvalue weighted by atomic mass is 9.64. The predicted molar refractivity (Wildman–Crippen MR) is 53.6 cm³/mol. The van der Waals surface area contributed by atoms with Gasteiger partial charge in [0.1, 0.15) is 5.82 Å². The summed E-state index contributed by atoms with van der Waals surface area (Å²) in [6.07, 6.45) is 1.28. The molecule has 0 bridgehead atoms. The molecule has 1 heterocycles. The van der Waals surface area contributed by atoms with Crippen molar-refractivity contribution in [2.45, 2.75) is 12.3 Å². The second-order valence-electron chi connectivity index (χ2n) is 4.48. The maximum Gasteiger partial charge on any atom is 0.123 e. The summed E-state index contributed by atoms with van der Waals surface area (Å²) < 4.78 is 12.7. The number of benzene rings is 1. The standard InChI is InChI=1S/C12H14FN/c13-10-3-1-8(2-4-10)11-5-9-6-14-7-12(9)11/h1-4,9,11-12,14H,5-7H2/t9-,11+,12+/m1/s1. The lowest BCUT2D eigenvalue weighted by molar-refractivity contribution is 0.191. The van der Waals surface area contributed by atoms with Crippen molar-refractivity contribution in [3.8, 4) is 0 Å². The number of fused-ring (bicyclic) bond motifs is 1. The largest absolute Gasteiger partial charge is 0.316 e. The van der Waals surface area contributed by atoms with Crippen molar-refractivity contribution < 1.29 is 4.39 Å². The molecule has 0 spiro atoms. The van der Waals surface area contributed by atoms with Crippen LogP contribution in [-0.4, -0.2) is 13.1 Å². The molecule has 0 amide bonds. The summed E-state index contributed by atoms with van der Waals surface area (Å²) in [4.78, 5) is 0. The molecule has 3 rings (SSSR count). The fourth-order valence-electron chi connectivity index (χ4n) is 2.88. The first-order valence-corrected chi connectivity index (χ1v) is 5.31. The van der Waals surface area contributed by atoms with Crippen LogP contribution in [-0.2, 0) is 0 Å². The highest BCUT2D eigenvalue weighted by Crippen LogP contribution is 2.48. The van der Waals surface area contributed by atoms with Gasteiger partial charge in [0.15, 0.2) is 0 Å². The first-order chi connectivity index (χ1) is 6.84. The minimum atomic E-state index is -0.130. The molecule has 0 radical (unpaired) electrons. The summed E-state index contributed by atoms with van der Waals surface area (Å²) in [7, 11) is 0. The number of nitrogens with one attached hydrogen (secondary N) is 1. The van der Waals surface area contributed by atoms with Crippen LogP contribution in [0.3, 0.4) is 0 Å². The molecule has 1 saturated carbocycles. The van der Waals surface area contributed by atoms with Crippen LogP contribution in [0, 0.1) is 17.7 Å². The molecule has 1 aromatic rings. The molecule has 2 heteroatoms. The fraction of sp³-hybridized carbons (Fsp3) is 0.500. The highest BCUT2D eigenvalue weighted by molar-refractivity contribution is 5.25. The molecule has 1 aliphatic heterocycles. The Morgan fingerprint density at radius 3 is 2.64 bits per heavy atom. The van der Waals surface area contributed by atoms with E-state index in [9.17, 15) is 4.39 Å². The van der Waals surface area contributed by atoms with E-state index in [1.54, 1.807) is 12.1 Å². The lowest BCUT2D eigenvalue weighted by Crippen LogP contribution is -2.33. The van der Waals surface area contributed by atoms with Crippen molar-refractivity contribution in [1.29, 1.82) is 0 Å². The van der Waals surface area contributed by atoms with Crippen LogP contribution in [0.15, 0.2) is 24.3 Å². The molecule has 0 aromatic heterocycles. The van der Waals surface area contributed by atoms with E-state index in [-0.39, 0.29) is 5.82 Å². The molecule has 1 aliphatic carbocycles. The third kappa shape index (κ3) is 1.17. The van der Waals surface area contributed by atoms with Crippen molar-refractivity contribution >= 4 is 0 Å². The minimum Gasteiger partial charge on any atom is -0.316 e. The number of hydrogen-bond donors (Lipinski definition) is 1. The summed E-state index contributed by atoms with van der Waals surface area (Å²) in [5.41, 5.74) is 1.32. The van der Waals surface area contributed by atoms with E-state index in [1.807, 2.05) is 12.1 Å². The molecule has 0 unspecified atom stereocenters. The van der Waals surface area contributed by atoms with Gasteiger partial charge in [-0.25, -0.2) is 4.39 Å². The van der Waals surface area contributed by atoms with E-state index in [2.05, 4.69) is 5.32 Å². The zero-order valence-electron chi connectivity index (χ0n) is 8.04. The monoisotopic (exact) mass is 191 g/mol. The van der Waals surface area contributed by atoms with Crippen molar-refractivity contribution in [3.63, 3.8) is 0 Å². The smallest absolute Gasteiger partial charge is 0.123 e. The van der Waals surface area contributed by atoms with Gasteiger partial charge in [0.25, 0.3) is 0 Å². The second-order valence-corrected chi connectivity index (χ2v) is 4.48. The van der Waals surface area contributed by atoms with E-state index < -0.39 is 0 Å². The summed E-state index contributed by atoms with van der Waals surface area (Å²) in [5, 5.41) is 3.42. The van der Waals surface area contributed by atoms with Gasteiger partial charge in [-0.3, -0.25) is 0 Å². The van der Waals surface area contributed by atoms with Crippen LogP contribution in [0.2, 0.25) is 0 Å². The van der Waals surface area contributed by atoms with Crippen LogP contribution in [0.1, 0.15) is 17.9 Å². The Morgan fingerprint density at radius 1 is 1.14 bits per heavy atom. The maximum atomic E-state index is 12.7. The zero-order chi connectivity index (χ0) is 9.54. The van der Waals surface area contributed by atoms with Crippen LogP contribution >= 0.6 is 0 Å². The van der Waals surface area contributed by atoms with Crippen LogP contribution in [0.5, 0.6) is 0 Å². The molecule has 14 heavy (non-hydrogen) atoms. The number of halogens is 1. The van der Waals surface area contributed by atoms with Gasteiger partial charge in [0, 0.05) is 0 Å². The first-order valence-electron chi connectivity index (χ1n) is 5.31. The number of rotatable bonds is 1. The van der Waals surface area contributed by atoms with Gasteiger partial charge in [0.05, 0.1) is 0 Å². The molecule has 2 aliphatic rings. The van der Waals surface area contributed by atoms with Crippen LogP contribution < -0.4 is 5.32 Å². The quantitative estimate of drug-likeness (QED) is 0.717. The number of hydrogen-bond acceptors (Lipinski definition) is 1. The third-order valence-electron chi connectivity index (χ3n) is 3.76. The van der Waals surface area contributed by atoms with Crippen molar-refractivity contribution in [2.24, 2.45) is 11.8 Å². The topological polar surface area (TPSA) is 12.0 Å². The molecular formula is C12H14FN. The Morgan fingerprint density at radius 2 is 1.93 bits per heavy atom. The molecule has 1 saturated heterocycles. The zero-order valence-corrected chi connectivity index (χ0v) is 8.04. The summed E-state index contributed by atoms with van der Waals surface area (Å²) in [5.74, 6) is 2.23. The van der Waals surface area contributed by atoms with E-state index in [0.717, 1.165) is 18.4 Å². The van der Waals surface area contributed by atoms with Crippen LogP contribution in [0.25, 0.3) is 0 Å². The van der Waals surface area contributed by atoms with Crippen molar-refractivity contribution in [1.82, 2.24) is 5.32 Å². The highest BCUT2D eigenvalue weighted by atomic mass is 19.1. The van der Waals surface area contributed by atoms with Gasteiger partial charge in [0.2, 0.25) is 0 Å². The predicted octanol–water partition coefficient (Wildman–Crippen LogP) is 2.15. The SMILES string of the molecule is Fc1ccc([C@@H]2C[C@@H]3CNC[C@@H]32)cc1. The van der Waals surface area contributed by atoms with Gasteiger partial charge in [-0.2, -0.15) is 0 Å². The van der Waals surface area contributed by atoms with Gasteiger partial charge in [-0.1, -0.05) is 12.1 Å².